The standard InChI is InChI=1S/C20H26NO2/c1-16-20(17-10-5-6-12-19(17)23-16)18(22)11-4-2-7-13-21-14-8-3-9-15-21/h3,5-6,10,12H,2,4,7-9,11,13-15H2,1H3. The molecule has 1 aromatic heterocycles. The third-order valence-electron chi connectivity index (χ3n) is 4.73. The highest BCUT2D eigenvalue weighted by Crippen LogP contribution is 2.26. The van der Waals surface area contributed by atoms with Crippen molar-refractivity contribution in [3.05, 3.63) is 42.0 Å². The molecule has 0 bridgehead atoms. The van der Waals surface area contributed by atoms with E-state index < -0.39 is 0 Å². The number of carbonyl (C=O) groups excluding carboxylic acids is 1. The minimum absolute atomic E-state index is 0.222. The van der Waals surface area contributed by atoms with E-state index in [2.05, 4.69) is 11.3 Å². The van der Waals surface area contributed by atoms with Crippen LogP contribution >= 0.6 is 0 Å². The predicted octanol–water partition coefficient (Wildman–Crippen LogP) is 4.78. The average molecular weight is 312 g/mol. The van der Waals surface area contributed by atoms with Gasteiger partial charge in [0.05, 0.1) is 5.56 Å². The molecule has 0 spiro atoms. The Kier molecular flexibility index (Phi) is 5.50. The van der Waals surface area contributed by atoms with Crippen LogP contribution in [0.15, 0.2) is 28.7 Å². The number of carbonyl (C=O) groups is 1. The molecule has 123 valence electrons. The first-order valence-electron chi connectivity index (χ1n) is 8.81. The number of benzene rings is 1. The molecule has 3 nitrogen and oxygen atoms in total. The Labute approximate surface area is 138 Å². The number of Topliss-reactive ketones (excluding diaryl/α,β-unsaturated/α-hetero) is 1. The Morgan fingerprint density at radius 1 is 1.13 bits per heavy atom. The molecule has 2 heterocycles. The van der Waals surface area contributed by atoms with Crippen molar-refractivity contribution >= 4 is 16.8 Å². The lowest BCUT2D eigenvalue weighted by Crippen LogP contribution is -2.30. The lowest BCUT2D eigenvalue weighted by molar-refractivity contribution is 0.0978. The molecule has 3 heteroatoms. The number of fused-ring (bicyclic) bond motifs is 1. The van der Waals surface area contributed by atoms with Gasteiger partial charge < -0.3 is 9.32 Å². The molecule has 1 fully saturated rings. The molecule has 0 atom stereocenters. The average Bonchev–Trinajstić information content (AvgIpc) is 2.91. The smallest absolute Gasteiger partial charge is 0.167 e. The van der Waals surface area contributed by atoms with E-state index in [1.165, 1.54) is 38.9 Å². The summed E-state index contributed by atoms with van der Waals surface area (Å²) >= 11 is 0. The zero-order valence-corrected chi connectivity index (χ0v) is 14.0. The van der Waals surface area contributed by atoms with Gasteiger partial charge in [-0.3, -0.25) is 4.79 Å². The maximum absolute atomic E-state index is 12.5. The Morgan fingerprint density at radius 3 is 2.74 bits per heavy atom. The van der Waals surface area contributed by atoms with Gasteiger partial charge in [-0.1, -0.05) is 24.6 Å². The first kappa shape index (κ1) is 16.3. The van der Waals surface area contributed by atoms with Crippen LogP contribution in [0.3, 0.4) is 0 Å². The molecular formula is C20H26NO2. The number of aryl methyl sites for hydroxylation is 1. The van der Waals surface area contributed by atoms with Crippen molar-refractivity contribution in [2.24, 2.45) is 0 Å². The van der Waals surface area contributed by atoms with Crippen LogP contribution in [0, 0.1) is 13.3 Å². The third kappa shape index (κ3) is 4.03. The van der Waals surface area contributed by atoms with Gasteiger partial charge in [-0.05, 0) is 64.7 Å². The summed E-state index contributed by atoms with van der Waals surface area (Å²) in [5.74, 6) is 0.973. The molecule has 23 heavy (non-hydrogen) atoms. The number of hydrogen-bond acceptors (Lipinski definition) is 3. The Morgan fingerprint density at radius 2 is 1.91 bits per heavy atom. The molecule has 0 unspecified atom stereocenters. The van der Waals surface area contributed by atoms with Crippen molar-refractivity contribution in [2.45, 2.75) is 45.4 Å². The second kappa shape index (κ2) is 7.78. The van der Waals surface area contributed by atoms with Gasteiger partial charge in [0, 0.05) is 11.8 Å². The van der Waals surface area contributed by atoms with E-state index in [0.717, 1.165) is 35.1 Å². The fraction of sp³-hybridized carbons (Fsp3) is 0.500. The number of unbranched alkanes of at least 4 members (excludes halogenated alkanes) is 2. The van der Waals surface area contributed by atoms with E-state index in [-0.39, 0.29) is 5.78 Å². The molecule has 0 saturated carbocycles. The summed E-state index contributed by atoms with van der Waals surface area (Å²) in [6.45, 7) is 5.48. The van der Waals surface area contributed by atoms with Crippen LogP contribution in [-0.4, -0.2) is 30.3 Å². The maximum atomic E-state index is 12.5. The molecule has 3 rings (SSSR count). The number of nitrogens with zero attached hydrogens (tertiary/aromatic N) is 1. The van der Waals surface area contributed by atoms with Crippen LogP contribution in [0.5, 0.6) is 0 Å². The SMILES string of the molecule is Cc1oc2ccccc2c1C(=O)CCCCCN1CC[CH]CC1. The number of furan rings is 1. The fourth-order valence-corrected chi connectivity index (χ4v) is 3.46. The Balaban J connectivity index is 1.46. The highest BCUT2D eigenvalue weighted by Gasteiger charge is 2.17. The van der Waals surface area contributed by atoms with E-state index in [9.17, 15) is 4.79 Å². The molecule has 1 aliphatic rings. The zero-order chi connectivity index (χ0) is 16.1. The summed E-state index contributed by atoms with van der Waals surface area (Å²) in [7, 11) is 0. The molecule has 1 radical (unpaired) electrons. The van der Waals surface area contributed by atoms with Gasteiger partial charge in [0.2, 0.25) is 0 Å². The molecular weight excluding hydrogens is 286 g/mol. The Bertz CT molecular complexity index is 653. The summed E-state index contributed by atoms with van der Waals surface area (Å²) in [4.78, 5) is 15.1. The number of ketones is 1. The molecule has 0 amide bonds. The molecule has 0 N–H and O–H groups in total. The fourth-order valence-electron chi connectivity index (χ4n) is 3.46. The topological polar surface area (TPSA) is 33.5 Å². The summed E-state index contributed by atoms with van der Waals surface area (Å²) < 4.78 is 5.70. The molecule has 1 aromatic carbocycles. The highest BCUT2D eigenvalue weighted by atomic mass is 16.3. The van der Waals surface area contributed by atoms with Gasteiger partial charge in [0.1, 0.15) is 11.3 Å². The third-order valence-corrected chi connectivity index (χ3v) is 4.73. The molecule has 0 aliphatic carbocycles. The summed E-state index contributed by atoms with van der Waals surface area (Å²) in [6.07, 6.45) is 8.75. The van der Waals surface area contributed by atoms with E-state index in [4.69, 9.17) is 4.42 Å². The van der Waals surface area contributed by atoms with Gasteiger partial charge in [-0.2, -0.15) is 0 Å². The summed E-state index contributed by atoms with van der Waals surface area (Å²) in [5, 5.41) is 0.958. The summed E-state index contributed by atoms with van der Waals surface area (Å²) in [5.41, 5.74) is 1.60. The number of hydrogen-bond donors (Lipinski definition) is 0. The Hall–Kier alpha value is -1.61. The predicted molar refractivity (Wildman–Crippen MR) is 93.7 cm³/mol. The maximum Gasteiger partial charge on any atom is 0.167 e. The van der Waals surface area contributed by atoms with Crippen molar-refractivity contribution in [3.8, 4) is 0 Å². The minimum Gasteiger partial charge on any atom is -0.461 e. The van der Waals surface area contributed by atoms with Crippen LogP contribution in [0.2, 0.25) is 0 Å². The number of likely N-dealkylation sites (tertiary alicyclic amines) is 1. The van der Waals surface area contributed by atoms with E-state index in [1.807, 2.05) is 31.2 Å². The minimum atomic E-state index is 0.222. The zero-order valence-electron chi connectivity index (χ0n) is 14.0. The van der Waals surface area contributed by atoms with Crippen molar-refractivity contribution in [1.82, 2.24) is 4.90 Å². The van der Waals surface area contributed by atoms with Crippen molar-refractivity contribution < 1.29 is 9.21 Å². The summed E-state index contributed by atoms with van der Waals surface area (Å²) in [6, 6.07) is 7.81. The number of piperidine rings is 1. The molecule has 1 aliphatic heterocycles. The van der Waals surface area contributed by atoms with E-state index >= 15 is 0 Å². The van der Waals surface area contributed by atoms with Gasteiger partial charge in [-0.25, -0.2) is 0 Å². The normalized spacial score (nSPS) is 16.0. The number of rotatable bonds is 7. The lowest BCUT2D eigenvalue weighted by atomic mass is 10.0. The van der Waals surface area contributed by atoms with Crippen LogP contribution in [-0.2, 0) is 0 Å². The van der Waals surface area contributed by atoms with Crippen molar-refractivity contribution in [2.75, 3.05) is 19.6 Å². The quantitative estimate of drug-likeness (QED) is 0.544. The first-order chi connectivity index (χ1) is 11.3. The van der Waals surface area contributed by atoms with Crippen molar-refractivity contribution in [1.29, 1.82) is 0 Å². The van der Waals surface area contributed by atoms with Gasteiger partial charge in [0.25, 0.3) is 0 Å². The first-order valence-corrected chi connectivity index (χ1v) is 8.81. The second-order valence-electron chi connectivity index (χ2n) is 6.47. The van der Waals surface area contributed by atoms with E-state index in [0.29, 0.717) is 6.42 Å². The molecule has 1 saturated heterocycles. The van der Waals surface area contributed by atoms with Gasteiger partial charge >= 0.3 is 0 Å². The van der Waals surface area contributed by atoms with Gasteiger partial charge in [0.15, 0.2) is 5.78 Å². The van der Waals surface area contributed by atoms with Crippen molar-refractivity contribution in [3.63, 3.8) is 0 Å². The van der Waals surface area contributed by atoms with Crippen LogP contribution in [0.1, 0.15) is 54.6 Å². The molecule has 2 aromatic rings. The van der Waals surface area contributed by atoms with Crippen LogP contribution < -0.4 is 0 Å². The van der Waals surface area contributed by atoms with Crippen LogP contribution in [0.4, 0.5) is 0 Å². The lowest BCUT2D eigenvalue weighted by Gasteiger charge is -2.26. The van der Waals surface area contributed by atoms with Gasteiger partial charge in [-0.15, -0.1) is 0 Å². The second-order valence-corrected chi connectivity index (χ2v) is 6.47. The van der Waals surface area contributed by atoms with Crippen LogP contribution in [0.25, 0.3) is 11.0 Å². The largest absolute Gasteiger partial charge is 0.461 e. The highest BCUT2D eigenvalue weighted by molar-refractivity contribution is 6.08. The van der Waals surface area contributed by atoms with E-state index in [1.54, 1.807) is 0 Å². The number of para-hydroxylation sites is 1. The monoisotopic (exact) mass is 312 g/mol.